The van der Waals surface area contributed by atoms with Crippen LogP contribution in [0.4, 0.5) is 4.79 Å². The second-order valence-corrected chi connectivity index (χ2v) is 9.08. The van der Waals surface area contributed by atoms with Gasteiger partial charge >= 0.3 is 6.16 Å². The summed E-state index contributed by atoms with van der Waals surface area (Å²) >= 11 is 0. The van der Waals surface area contributed by atoms with Crippen LogP contribution in [0.15, 0.2) is 24.3 Å². The van der Waals surface area contributed by atoms with Gasteiger partial charge in [-0.25, -0.2) is 4.79 Å². The summed E-state index contributed by atoms with van der Waals surface area (Å²) in [6, 6.07) is 7.09. The normalized spacial score (nSPS) is 22.4. The van der Waals surface area contributed by atoms with E-state index in [1.54, 1.807) is 50.7 Å². The van der Waals surface area contributed by atoms with Crippen molar-refractivity contribution >= 4 is 6.16 Å². The lowest BCUT2D eigenvalue weighted by Gasteiger charge is -2.35. The molecule has 1 aromatic carbocycles. The largest absolute Gasteiger partial charge is 0.511 e. The van der Waals surface area contributed by atoms with Gasteiger partial charge in [0.25, 0.3) is 0 Å². The molecule has 2 aliphatic rings. The second kappa shape index (κ2) is 13.7. The second-order valence-electron chi connectivity index (χ2n) is 9.08. The first kappa shape index (κ1) is 23.8. The number of aryl methyl sites for hydroxylation is 1. The maximum Gasteiger partial charge on any atom is 0.511 e. The van der Waals surface area contributed by atoms with Crippen LogP contribution >= 0.6 is 0 Å². The van der Waals surface area contributed by atoms with Crippen LogP contribution in [0.3, 0.4) is 0 Å². The van der Waals surface area contributed by atoms with Crippen molar-refractivity contribution in [2.45, 2.75) is 104 Å². The van der Waals surface area contributed by atoms with Crippen LogP contribution in [-0.4, -0.2) is 11.3 Å². The Morgan fingerprint density at radius 1 is 0.897 bits per heavy atom. The van der Waals surface area contributed by atoms with Crippen molar-refractivity contribution < 1.29 is 14.6 Å². The number of unbranched alkanes of at least 4 members (excludes halogenated alkanes) is 1. The number of carbonyl (C=O) groups is 1. The molecule has 0 bridgehead atoms. The third-order valence-corrected chi connectivity index (χ3v) is 6.84. The zero-order chi connectivity index (χ0) is 20.9. The Bertz CT molecular complexity index is 552. The summed E-state index contributed by atoms with van der Waals surface area (Å²) in [6.07, 6.45) is 19.1. The fourth-order valence-corrected chi connectivity index (χ4v) is 5.16. The average molecular weight is 403 g/mol. The summed E-state index contributed by atoms with van der Waals surface area (Å²) in [5.74, 6) is 3.71. The van der Waals surface area contributed by atoms with Crippen LogP contribution in [0.5, 0.6) is 5.75 Å². The molecule has 0 aliphatic heterocycles. The van der Waals surface area contributed by atoms with Crippen LogP contribution in [0.1, 0.15) is 103 Å². The zero-order valence-corrected chi connectivity index (χ0v) is 18.7. The predicted molar refractivity (Wildman–Crippen MR) is 121 cm³/mol. The molecule has 0 spiro atoms. The van der Waals surface area contributed by atoms with Crippen molar-refractivity contribution in [2.24, 2.45) is 17.8 Å². The Morgan fingerprint density at radius 3 is 2.07 bits per heavy atom. The van der Waals surface area contributed by atoms with Gasteiger partial charge in [0.1, 0.15) is 5.75 Å². The Kier molecular flexibility index (Phi) is 11.2. The van der Waals surface area contributed by atoms with Gasteiger partial charge in [0.2, 0.25) is 0 Å². The van der Waals surface area contributed by atoms with Gasteiger partial charge in [0.15, 0.2) is 0 Å². The minimum atomic E-state index is -1.27. The van der Waals surface area contributed by atoms with Gasteiger partial charge in [-0.2, -0.15) is 0 Å². The van der Waals surface area contributed by atoms with E-state index in [9.17, 15) is 4.79 Å². The lowest BCUT2D eigenvalue weighted by Crippen LogP contribution is -2.23. The highest BCUT2D eigenvalue weighted by molar-refractivity contribution is 5.61. The first-order valence-electron chi connectivity index (χ1n) is 12.1. The Labute approximate surface area is 178 Å². The molecular weight excluding hydrogens is 360 g/mol. The summed E-state index contributed by atoms with van der Waals surface area (Å²) in [5, 5.41) is 8.32. The molecule has 0 saturated heterocycles. The molecule has 0 amide bonds. The molecule has 164 valence electrons. The van der Waals surface area contributed by atoms with Gasteiger partial charge in [0, 0.05) is 0 Å². The summed E-state index contributed by atoms with van der Waals surface area (Å²) in [7, 11) is 0. The molecule has 0 atom stereocenters. The van der Waals surface area contributed by atoms with Crippen molar-refractivity contribution in [3.8, 4) is 5.75 Å². The first-order chi connectivity index (χ1) is 14.1. The highest BCUT2D eigenvalue weighted by atomic mass is 16.7. The van der Waals surface area contributed by atoms with E-state index in [1.807, 2.05) is 12.1 Å². The van der Waals surface area contributed by atoms with Crippen LogP contribution in [0, 0.1) is 17.8 Å². The molecule has 2 fully saturated rings. The predicted octanol–water partition coefficient (Wildman–Crippen LogP) is 8.26. The number of hydrogen-bond donors (Lipinski definition) is 1. The number of hydrogen-bond acceptors (Lipinski definition) is 2. The molecule has 0 unspecified atom stereocenters. The molecule has 0 heterocycles. The van der Waals surface area contributed by atoms with Crippen molar-refractivity contribution in [3.63, 3.8) is 0 Å². The molecule has 3 nitrogen and oxygen atoms in total. The summed E-state index contributed by atoms with van der Waals surface area (Å²) in [6.45, 7) is 4.43. The van der Waals surface area contributed by atoms with Crippen LogP contribution < -0.4 is 4.74 Å². The zero-order valence-electron chi connectivity index (χ0n) is 18.7. The molecule has 2 saturated carbocycles. The van der Waals surface area contributed by atoms with E-state index in [4.69, 9.17) is 5.11 Å². The van der Waals surface area contributed by atoms with E-state index in [0.717, 1.165) is 30.6 Å². The van der Waals surface area contributed by atoms with Crippen molar-refractivity contribution in [1.82, 2.24) is 0 Å². The fraction of sp³-hybridized carbons (Fsp3) is 0.731. The smallest absolute Gasteiger partial charge is 0.449 e. The average Bonchev–Trinajstić information content (AvgIpc) is 2.75. The fourth-order valence-electron chi connectivity index (χ4n) is 5.16. The lowest BCUT2D eigenvalue weighted by molar-refractivity contribution is 0.144. The molecule has 1 aromatic rings. The van der Waals surface area contributed by atoms with Gasteiger partial charge in [-0.05, 0) is 54.7 Å². The van der Waals surface area contributed by atoms with Gasteiger partial charge in [0.05, 0.1) is 0 Å². The molecular formula is C26H42O3. The molecule has 29 heavy (non-hydrogen) atoms. The van der Waals surface area contributed by atoms with E-state index in [0.29, 0.717) is 5.75 Å². The molecule has 3 heteroatoms. The van der Waals surface area contributed by atoms with Crippen molar-refractivity contribution in [3.05, 3.63) is 29.8 Å². The molecule has 3 rings (SSSR count). The van der Waals surface area contributed by atoms with E-state index < -0.39 is 6.16 Å². The molecule has 0 aromatic heterocycles. The van der Waals surface area contributed by atoms with Gasteiger partial charge in [-0.1, -0.05) is 96.6 Å². The summed E-state index contributed by atoms with van der Waals surface area (Å²) in [4.78, 5) is 10.2. The van der Waals surface area contributed by atoms with E-state index >= 15 is 0 Å². The SMILES string of the molecule is CCCCC1CCC(C2CCCCC2)CC1.CCCc1ccc(OC(=O)O)cc1. The highest BCUT2D eigenvalue weighted by Crippen LogP contribution is 2.40. The van der Waals surface area contributed by atoms with Crippen LogP contribution in [0.2, 0.25) is 0 Å². The minimum Gasteiger partial charge on any atom is -0.449 e. The minimum absolute atomic E-state index is 0.368. The quantitative estimate of drug-likeness (QED) is 0.369. The Hall–Kier alpha value is -1.51. The number of benzene rings is 1. The van der Waals surface area contributed by atoms with Gasteiger partial charge < -0.3 is 9.84 Å². The summed E-state index contributed by atoms with van der Waals surface area (Å²) in [5.41, 5.74) is 1.19. The monoisotopic (exact) mass is 402 g/mol. The van der Waals surface area contributed by atoms with Crippen LogP contribution in [0.25, 0.3) is 0 Å². The number of ether oxygens (including phenoxy) is 1. The molecule has 1 N–H and O–H groups in total. The van der Waals surface area contributed by atoms with Crippen LogP contribution in [-0.2, 0) is 6.42 Å². The first-order valence-corrected chi connectivity index (χ1v) is 12.1. The van der Waals surface area contributed by atoms with Crippen molar-refractivity contribution in [1.29, 1.82) is 0 Å². The van der Waals surface area contributed by atoms with E-state index in [-0.39, 0.29) is 0 Å². The standard InChI is InChI=1S/C16H30.C10H12O3/c1-2-3-7-14-10-12-16(13-11-14)15-8-5-4-6-9-15;1-2-3-8-4-6-9(7-5-8)13-10(11)12/h14-16H,2-13H2,1H3;4-7H,2-3H2,1H3,(H,11,12). The highest BCUT2D eigenvalue weighted by Gasteiger charge is 2.28. The van der Waals surface area contributed by atoms with Crippen molar-refractivity contribution in [2.75, 3.05) is 0 Å². The maximum atomic E-state index is 10.2. The summed E-state index contributed by atoms with van der Waals surface area (Å²) < 4.78 is 4.46. The topological polar surface area (TPSA) is 46.5 Å². The Morgan fingerprint density at radius 2 is 1.52 bits per heavy atom. The molecule has 0 radical (unpaired) electrons. The maximum absolute atomic E-state index is 10.2. The number of rotatable bonds is 7. The lowest BCUT2D eigenvalue weighted by atomic mass is 9.70. The third kappa shape index (κ3) is 9.23. The van der Waals surface area contributed by atoms with E-state index in [2.05, 4.69) is 18.6 Å². The third-order valence-electron chi connectivity index (χ3n) is 6.84. The van der Waals surface area contributed by atoms with Gasteiger partial charge in [-0.15, -0.1) is 0 Å². The molecule has 2 aliphatic carbocycles. The number of carboxylic acid groups (broad SMARTS) is 1. The Balaban J connectivity index is 0.000000212. The van der Waals surface area contributed by atoms with E-state index in [1.165, 1.54) is 44.1 Å². The van der Waals surface area contributed by atoms with Gasteiger partial charge in [-0.3, -0.25) is 0 Å².